The van der Waals surface area contributed by atoms with Crippen LogP contribution in [-0.2, 0) is 17.6 Å². The van der Waals surface area contributed by atoms with Crippen LogP contribution in [0.1, 0.15) is 42.8 Å². The number of ether oxygens (including phenoxy) is 1. The van der Waals surface area contributed by atoms with E-state index >= 15 is 0 Å². The summed E-state index contributed by atoms with van der Waals surface area (Å²) in [4.78, 5) is 19.3. The molecule has 0 saturated carbocycles. The van der Waals surface area contributed by atoms with E-state index in [9.17, 15) is 4.79 Å². The Labute approximate surface area is 95.1 Å². The number of nitrogens with zero attached hydrogens (tertiary/aromatic N) is 1. The van der Waals surface area contributed by atoms with Crippen molar-refractivity contribution >= 4 is 0 Å². The third kappa shape index (κ3) is 2.16. The molecule has 4 nitrogen and oxygen atoms in total. The fraction of sp³-hybridized carbons (Fsp3) is 0.667. The average molecular weight is 222 g/mol. The van der Waals surface area contributed by atoms with Crippen molar-refractivity contribution in [1.82, 2.24) is 9.97 Å². The van der Waals surface area contributed by atoms with Crippen molar-refractivity contribution in [2.24, 2.45) is 0 Å². The van der Waals surface area contributed by atoms with Gasteiger partial charge in [0.15, 0.2) is 0 Å². The molecule has 4 heteroatoms. The molecular weight excluding hydrogens is 204 g/mol. The highest BCUT2D eigenvalue weighted by molar-refractivity contribution is 5.21. The maximum atomic E-state index is 11.9. The number of aromatic amines is 1. The molecule has 1 N–H and O–H groups in total. The standard InChI is InChI=1S/C12H18N2O2/c1-8(7-16-2)11-13-10-6-4-3-5-9(10)12(15)14-11/h8H,3-7H2,1-2H3,(H,13,14,15). The molecule has 0 aliphatic heterocycles. The Morgan fingerprint density at radius 3 is 2.94 bits per heavy atom. The van der Waals surface area contributed by atoms with Gasteiger partial charge in [0.1, 0.15) is 5.82 Å². The zero-order valence-electron chi connectivity index (χ0n) is 9.88. The maximum Gasteiger partial charge on any atom is 0.254 e. The molecule has 1 aliphatic rings. The van der Waals surface area contributed by atoms with Crippen LogP contribution in [0.2, 0.25) is 0 Å². The second-order valence-electron chi connectivity index (χ2n) is 4.44. The van der Waals surface area contributed by atoms with E-state index in [4.69, 9.17) is 4.74 Å². The summed E-state index contributed by atoms with van der Waals surface area (Å²) in [5, 5.41) is 0. The van der Waals surface area contributed by atoms with Crippen LogP contribution in [0.3, 0.4) is 0 Å². The first-order valence-corrected chi connectivity index (χ1v) is 5.83. The van der Waals surface area contributed by atoms with E-state index < -0.39 is 0 Å². The normalized spacial score (nSPS) is 16.9. The van der Waals surface area contributed by atoms with Crippen LogP contribution in [0.4, 0.5) is 0 Å². The van der Waals surface area contributed by atoms with Gasteiger partial charge < -0.3 is 9.72 Å². The van der Waals surface area contributed by atoms with Crippen LogP contribution in [-0.4, -0.2) is 23.7 Å². The van der Waals surface area contributed by atoms with E-state index in [1.54, 1.807) is 7.11 Å². The number of rotatable bonds is 3. The molecule has 0 bridgehead atoms. The molecular formula is C12H18N2O2. The van der Waals surface area contributed by atoms with Crippen molar-refractivity contribution in [2.75, 3.05) is 13.7 Å². The second-order valence-corrected chi connectivity index (χ2v) is 4.44. The third-order valence-electron chi connectivity index (χ3n) is 3.09. The first-order chi connectivity index (χ1) is 7.72. The van der Waals surface area contributed by atoms with Gasteiger partial charge in [-0.2, -0.15) is 0 Å². The van der Waals surface area contributed by atoms with Crippen molar-refractivity contribution in [3.8, 4) is 0 Å². The van der Waals surface area contributed by atoms with Gasteiger partial charge in [-0.25, -0.2) is 4.98 Å². The minimum absolute atomic E-state index is 0.0441. The summed E-state index contributed by atoms with van der Waals surface area (Å²) in [6.45, 7) is 2.60. The van der Waals surface area contributed by atoms with Gasteiger partial charge in [0.25, 0.3) is 5.56 Å². The molecule has 0 amide bonds. The Morgan fingerprint density at radius 1 is 1.44 bits per heavy atom. The molecule has 0 radical (unpaired) electrons. The van der Waals surface area contributed by atoms with Crippen LogP contribution >= 0.6 is 0 Å². The van der Waals surface area contributed by atoms with Crippen molar-refractivity contribution < 1.29 is 4.74 Å². The van der Waals surface area contributed by atoms with E-state index in [0.29, 0.717) is 6.61 Å². The first-order valence-electron chi connectivity index (χ1n) is 5.83. The van der Waals surface area contributed by atoms with Gasteiger partial charge in [-0.15, -0.1) is 0 Å². The van der Waals surface area contributed by atoms with Gasteiger partial charge in [0.2, 0.25) is 0 Å². The predicted molar refractivity (Wildman–Crippen MR) is 61.8 cm³/mol. The number of aryl methyl sites for hydroxylation is 1. The maximum absolute atomic E-state index is 11.9. The molecule has 0 aromatic carbocycles. The highest BCUT2D eigenvalue weighted by Crippen LogP contribution is 2.18. The lowest BCUT2D eigenvalue weighted by molar-refractivity contribution is 0.181. The highest BCUT2D eigenvalue weighted by Gasteiger charge is 2.17. The van der Waals surface area contributed by atoms with Crippen LogP contribution in [0.25, 0.3) is 0 Å². The molecule has 0 saturated heterocycles. The molecule has 2 rings (SSSR count). The van der Waals surface area contributed by atoms with Crippen molar-refractivity contribution in [2.45, 2.75) is 38.5 Å². The molecule has 0 fully saturated rings. The minimum Gasteiger partial charge on any atom is -0.384 e. The second kappa shape index (κ2) is 4.78. The zero-order chi connectivity index (χ0) is 11.5. The summed E-state index contributed by atoms with van der Waals surface area (Å²) in [5.41, 5.74) is 1.93. The zero-order valence-corrected chi connectivity index (χ0v) is 9.88. The molecule has 1 unspecified atom stereocenters. The highest BCUT2D eigenvalue weighted by atomic mass is 16.5. The molecule has 16 heavy (non-hydrogen) atoms. The van der Waals surface area contributed by atoms with Crippen molar-refractivity contribution in [3.05, 3.63) is 27.4 Å². The molecule has 1 heterocycles. The Balaban J connectivity index is 2.35. The Hall–Kier alpha value is -1.16. The van der Waals surface area contributed by atoms with Crippen LogP contribution in [0, 0.1) is 0 Å². The number of methoxy groups -OCH3 is 1. The van der Waals surface area contributed by atoms with E-state index in [1.807, 2.05) is 6.92 Å². The SMILES string of the molecule is COCC(C)c1nc2c(c(=O)[nH]1)CCCC2. The topological polar surface area (TPSA) is 55.0 Å². The van der Waals surface area contributed by atoms with Gasteiger partial charge >= 0.3 is 0 Å². The largest absolute Gasteiger partial charge is 0.384 e. The number of hydrogen-bond acceptors (Lipinski definition) is 3. The quantitative estimate of drug-likeness (QED) is 0.841. The third-order valence-corrected chi connectivity index (χ3v) is 3.09. The summed E-state index contributed by atoms with van der Waals surface area (Å²) >= 11 is 0. The summed E-state index contributed by atoms with van der Waals surface area (Å²) in [5.74, 6) is 0.900. The van der Waals surface area contributed by atoms with Gasteiger partial charge in [-0.05, 0) is 25.7 Å². The Bertz CT molecular complexity index is 426. The van der Waals surface area contributed by atoms with Gasteiger partial charge in [0, 0.05) is 18.6 Å². The Morgan fingerprint density at radius 2 is 2.19 bits per heavy atom. The summed E-state index contributed by atoms with van der Waals surface area (Å²) in [7, 11) is 1.66. The van der Waals surface area contributed by atoms with Gasteiger partial charge in [-0.3, -0.25) is 4.79 Å². The minimum atomic E-state index is 0.0441. The number of fused-ring (bicyclic) bond motifs is 1. The van der Waals surface area contributed by atoms with E-state index in [0.717, 1.165) is 42.8 Å². The van der Waals surface area contributed by atoms with Crippen LogP contribution < -0.4 is 5.56 Å². The van der Waals surface area contributed by atoms with Crippen molar-refractivity contribution in [1.29, 1.82) is 0 Å². The first kappa shape index (κ1) is 11.3. The lowest BCUT2D eigenvalue weighted by atomic mass is 9.97. The fourth-order valence-electron chi connectivity index (χ4n) is 2.18. The molecule has 1 atom stereocenters. The summed E-state index contributed by atoms with van der Waals surface area (Å²) < 4.78 is 5.08. The van der Waals surface area contributed by atoms with Crippen LogP contribution in [0.5, 0.6) is 0 Å². The van der Waals surface area contributed by atoms with E-state index in [1.165, 1.54) is 0 Å². The predicted octanol–water partition coefficient (Wildman–Crippen LogP) is 1.40. The lowest BCUT2D eigenvalue weighted by Crippen LogP contribution is -2.24. The number of nitrogens with one attached hydrogen (secondary N) is 1. The van der Waals surface area contributed by atoms with Crippen LogP contribution in [0.15, 0.2) is 4.79 Å². The van der Waals surface area contributed by atoms with Crippen molar-refractivity contribution in [3.63, 3.8) is 0 Å². The summed E-state index contributed by atoms with van der Waals surface area (Å²) in [6, 6.07) is 0. The number of H-pyrrole nitrogens is 1. The smallest absolute Gasteiger partial charge is 0.254 e. The fourth-order valence-corrected chi connectivity index (χ4v) is 2.18. The monoisotopic (exact) mass is 222 g/mol. The van der Waals surface area contributed by atoms with Gasteiger partial charge in [-0.1, -0.05) is 6.92 Å². The Kier molecular flexibility index (Phi) is 3.39. The average Bonchev–Trinajstić information content (AvgIpc) is 2.29. The lowest BCUT2D eigenvalue weighted by Gasteiger charge is -2.16. The molecule has 1 aliphatic carbocycles. The van der Waals surface area contributed by atoms with E-state index in [2.05, 4.69) is 9.97 Å². The molecule has 88 valence electrons. The summed E-state index contributed by atoms with van der Waals surface area (Å²) in [6.07, 6.45) is 4.05. The molecule has 1 aromatic rings. The number of aromatic nitrogens is 2. The van der Waals surface area contributed by atoms with E-state index in [-0.39, 0.29) is 11.5 Å². The van der Waals surface area contributed by atoms with Gasteiger partial charge in [0.05, 0.1) is 12.3 Å². The molecule has 1 aromatic heterocycles. The molecule has 0 spiro atoms. The number of hydrogen-bond donors (Lipinski definition) is 1.